The van der Waals surface area contributed by atoms with Gasteiger partial charge in [0.2, 0.25) is 0 Å². The van der Waals surface area contributed by atoms with Crippen molar-refractivity contribution in [1.29, 1.82) is 0 Å². The van der Waals surface area contributed by atoms with Crippen LogP contribution in [-0.2, 0) is 0 Å². The molecular formula is C20H12N4S. The monoisotopic (exact) mass is 340 g/mol. The molecule has 2 heterocycles. The van der Waals surface area contributed by atoms with Crippen molar-refractivity contribution in [3.63, 3.8) is 0 Å². The second-order valence-corrected chi connectivity index (χ2v) is 6.23. The van der Waals surface area contributed by atoms with Gasteiger partial charge in [0, 0.05) is 23.5 Å². The van der Waals surface area contributed by atoms with E-state index in [1.165, 1.54) is 11.7 Å². The van der Waals surface area contributed by atoms with Crippen LogP contribution in [0, 0.1) is 0 Å². The molecule has 5 aromatic rings. The van der Waals surface area contributed by atoms with E-state index in [0.29, 0.717) is 0 Å². The van der Waals surface area contributed by atoms with E-state index in [2.05, 4.69) is 43.0 Å². The van der Waals surface area contributed by atoms with E-state index in [-0.39, 0.29) is 0 Å². The third-order valence-electron chi connectivity index (χ3n) is 4.26. The van der Waals surface area contributed by atoms with Gasteiger partial charge in [0.25, 0.3) is 0 Å². The van der Waals surface area contributed by atoms with Gasteiger partial charge in [-0.3, -0.25) is 9.97 Å². The smallest absolute Gasteiger partial charge is 0.115 e. The highest BCUT2D eigenvalue weighted by Gasteiger charge is 2.20. The Morgan fingerprint density at radius 3 is 1.40 bits per heavy atom. The molecule has 118 valence electrons. The van der Waals surface area contributed by atoms with Gasteiger partial charge in [-0.25, -0.2) is 0 Å². The molecule has 0 aliphatic heterocycles. The Labute approximate surface area is 148 Å². The van der Waals surface area contributed by atoms with Gasteiger partial charge in [0.15, 0.2) is 0 Å². The van der Waals surface area contributed by atoms with Crippen LogP contribution in [0.5, 0.6) is 0 Å². The van der Waals surface area contributed by atoms with Crippen molar-refractivity contribution in [2.24, 2.45) is 0 Å². The van der Waals surface area contributed by atoms with Crippen LogP contribution in [0.1, 0.15) is 0 Å². The van der Waals surface area contributed by atoms with Crippen LogP contribution < -0.4 is 0 Å². The van der Waals surface area contributed by atoms with Crippen LogP contribution in [0.2, 0.25) is 0 Å². The minimum Gasteiger partial charge on any atom is -0.252 e. The SMILES string of the molecule is c1ccc(-c2c3nccnc3c(-c3ccccc3)c3nsnc23)cc1. The maximum atomic E-state index is 4.65. The first-order valence-electron chi connectivity index (χ1n) is 7.93. The van der Waals surface area contributed by atoms with Gasteiger partial charge in [-0.15, -0.1) is 0 Å². The predicted molar refractivity (Wildman–Crippen MR) is 101 cm³/mol. The molecule has 25 heavy (non-hydrogen) atoms. The molecule has 0 N–H and O–H groups in total. The quantitative estimate of drug-likeness (QED) is 0.455. The van der Waals surface area contributed by atoms with Gasteiger partial charge in [-0.1, -0.05) is 60.7 Å². The van der Waals surface area contributed by atoms with E-state index in [1.54, 1.807) is 12.4 Å². The van der Waals surface area contributed by atoms with Gasteiger partial charge in [-0.2, -0.15) is 8.75 Å². The average Bonchev–Trinajstić information content (AvgIpc) is 3.16. The van der Waals surface area contributed by atoms with Crippen LogP contribution >= 0.6 is 11.7 Å². The Morgan fingerprint density at radius 1 is 0.520 bits per heavy atom. The van der Waals surface area contributed by atoms with Crippen molar-refractivity contribution < 1.29 is 0 Å². The molecule has 0 unspecified atom stereocenters. The van der Waals surface area contributed by atoms with E-state index < -0.39 is 0 Å². The maximum Gasteiger partial charge on any atom is 0.115 e. The molecule has 0 amide bonds. The standard InChI is InChI=1S/C20H12N4S/c1-3-7-13(8-4-1)15-17-18(22-12-11-21-17)16(14-9-5-2-6-10-14)20-19(15)23-25-24-20/h1-12H. The third kappa shape index (κ3) is 2.21. The van der Waals surface area contributed by atoms with Gasteiger partial charge in [0.05, 0.1) is 22.8 Å². The summed E-state index contributed by atoms with van der Waals surface area (Å²) in [4.78, 5) is 9.30. The van der Waals surface area contributed by atoms with Crippen LogP contribution in [0.15, 0.2) is 73.1 Å². The normalized spacial score (nSPS) is 11.2. The van der Waals surface area contributed by atoms with Crippen molar-refractivity contribution in [2.75, 3.05) is 0 Å². The van der Waals surface area contributed by atoms with Gasteiger partial charge in [0.1, 0.15) is 11.0 Å². The summed E-state index contributed by atoms with van der Waals surface area (Å²) in [6, 6.07) is 20.4. The lowest BCUT2D eigenvalue weighted by molar-refractivity contribution is 1.30. The number of hydrogen-bond donors (Lipinski definition) is 0. The topological polar surface area (TPSA) is 51.6 Å². The summed E-state index contributed by atoms with van der Waals surface area (Å²) in [5, 5.41) is 0. The van der Waals surface area contributed by atoms with Crippen LogP contribution in [0.3, 0.4) is 0 Å². The van der Waals surface area contributed by atoms with E-state index in [1.807, 2.05) is 36.4 Å². The molecule has 0 bridgehead atoms. The van der Waals surface area contributed by atoms with Crippen molar-refractivity contribution in [1.82, 2.24) is 18.7 Å². The molecule has 0 saturated carbocycles. The van der Waals surface area contributed by atoms with Gasteiger partial charge in [-0.05, 0) is 11.1 Å². The zero-order valence-corrected chi connectivity index (χ0v) is 13.9. The van der Waals surface area contributed by atoms with Crippen molar-refractivity contribution in [3.05, 3.63) is 73.1 Å². The minimum absolute atomic E-state index is 0.854. The fourth-order valence-corrected chi connectivity index (χ4v) is 3.76. The summed E-state index contributed by atoms with van der Waals surface area (Å²) >= 11 is 1.23. The van der Waals surface area contributed by atoms with Crippen LogP contribution in [0.25, 0.3) is 44.3 Å². The number of aromatic nitrogens is 4. The summed E-state index contributed by atoms with van der Waals surface area (Å²) in [6.45, 7) is 0. The Balaban J connectivity index is 2.00. The molecular weight excluding hydrogens is 328 g/mol. The van der Waals surface area contributed by atoms with Gasteiger partial charge >= 0.3 is 0 Å². The highest BCUT2D eigenvalue weighted by Crippen LogP contribution is 2.40. The van der Waals surface area contributed by atoms with Gasteiger partial charge < -0.3 is 0 Å². The first-order chi connectivity index (χ1) is 12.4. The first kappa shape index (κ1) is 14.2. The second kappa shape index (κ2) is 5.72. The Morgan fingerprint density at radius 2 is 0.960 bits per heavy atom. The molecule has 0 aliphatic carbocycles. The number of benzene rings is 3. The average molecular weight is 340 g/mol. The molecule has 0 spiro atoms. The van der Waals surface area contributed by atoms with Crippen molar-refractivity contribution >= 4 is 33.8 Å². The number of nitrogens with zero attached hydrogens (tertiary/aromatic N) is 4. The van der Waals surface area contributed by atoms with Crippen molar-refractivity contribution in [2.45, 2.75) is 0 Å². The molecule has 0 saturated heterocycles. The summed E-state index contributed by atoms with van der Waals surface area (Å²) in [7, 11) is 0. The highest BCUT2D eigenvalue weighted by atomic mass is 32.1. The highest BCUT2D eigenvalue weighted by molar-refractivity contribution is 7.00. The van der Waals surface area contributed by atoms with Crippen LogP contribution in [0.4, 0.5) is 0 Å². The molecule has 5 rings (SSSR count). The Kier molecular flexibility index (Phi) is 3.24. The molecule has 0 fully saturated rings. The third-order valence-corrected chi connectivity index (χ3v) is 4.79. The minimum atomic E-state index is 0.854. The lowest BCUT2D eigenvalue weighted by Gasteiger charge is -2.11. The largest absolute Gasteiger partial charge is 0.252 e. The summed E-state index contributed by atoms with van der Waals surface area (Å²) in [5.41, 5.74) is 7.60. The molecule has 0 radical (unpaired) electrons. The zero-order valence-electron chi connectivity index (χ0n) is 13.1. The summed E-state index contributed by atoms with van der Waals surface area (Å²) in [5.74, 6) is 0. The van der Waals surface area contributed by atoms with Crippen LogP contribution in [-0.4, -0.2) is 18.7 Å². The second-order valence-electron chi connectivity index (χ2n) is 5.70. The number of hydrogen-bond acceptors (Lipinski definition) is 5. The molecule has 2 aromatic heterocycles. The fourth-order valence-electron chi connectivity index (χ4n) is 3.20. The molecule has 3 aromatic carbocycles. The Hall–Kier alpha value is -3.18. The molecule has 0 atom stereocenters. The van der Waals surface area contributed by atoms with E-state index in [0.717, 1.165) is 44.3 Å². The number of fused-ring (bicyclic) bond motifs is 2. The molecule has 0 aliphatic rings. The lowest BCUT2D eigenvalue weighted by Crippen LogP contribution is -1.94. The van der Waals surface area contributed by atoms with E-state index >= 15 is 0 Å². The fraction of sp³-hybridized carbons (Fsp3) is 0. The summed E-state index contributed by atoms with van der Waals surface area (Å²) < 4.78 is 9.19. The van der Waals surface area contributed by atoms with Crippen molar-refractivity contribution in [3.8, 4) is 22.3 Å². The molecule has 4 nitrogen and oxygen atoms in total. The zero-order chi connectivity index (χ0) is 16.6. The number of rotatable bonds is 2. The predicted octanol–water partition coefficient (Wildman–Crippen LogP) is 4.97. The summed E-state index contributed by atoms with van der Waals surface area (Å²) in [6.07, 6.45) is 3.46. The lowest BCUT2D eigenvalue weighted by atomic mass is 9.95. The first-order valence-corrected chi connectivity index (χ1v) is 8.66. The molecule has 5 heteroatoms. The van der Waals surface area contributed by atoms with E-state index in [4.69, 9.17) is 0 Å². The Bertz CT molecular complexity index is 1090. The maximum absolute atomic E-state index is 4.65. The van der Waals surface area contributed by atoms with E-state index in [9.17, 15) is 0 Å².